The molecule has 0 saturated carbocycles. The Bertz CT molecular complexity index is 402. The second kappa shape index (κ2) is 5.63. The highest BCUT2D eigenvalue weighted by Gasteiger charge is 2.35. The summed E-state index contributed by atoms with van der Waals surface area (Å²) < 4.78 is 2.26. The first-order valence-electron chi connectivity index (χ1n) is 7.79. The van der Waals surface area contributed by atoms with Gasteiger partial charge in [0.25, 0.3) is 0 Å². The van der Waals surface area contributed by atoms with Crippen LogP contribution in [0.25, 0.3) is 0 Å². The van der Waals surface area contributed by atoms with Crippen LogP contribution in [-0.2, 0) is 13.1 Å². The van der Waals surface area contributed by atoms with E-state index in [-0.39, 0.29) is 0 Å². The van der Waals surface area contributed by atoms with Crippen molar-refractivity contribution in [3.63, 3.8) is 0 Å². The van der Waals surface area contributed by atoms with Crippen LogP contribution >= 0.6 is 0 Å². The minimum Gasteiger partial charge on any atom is -0.334 e. The minimum absolute atomic E-state index is 0.754. The van der Waals surface area contributed by atoms with E-state index < -0.39 is 0 Å². The lowest BCUT2D eigenvalue weighted by Crippen LogP contribution is -2.48. The van der Waals surface area contributed by atoms with Crippen LogP contribution in [0.1, 0.15) is 45.2 Å². The summed E-state index contributed by atoms with van der Waals surface area (Å²) in [6.07, 6.45) is 9.39. The van der Waals surface area contributed by atoms with E-state index in [1.165, 1.54) is 31.4 Å². The predicted octanol–water partition coefficient (Wildman–Crippen LogP) is 2.01. The van der Waals surface area contributed by atoms with Gasteiger partial charge in [-0.3, -0.25) is 4.90 Å². The van der Waals surface area contributed by atoms with Gasteiger partial charge in [0, 0.05) is 37.4 Å². The number of rotatable bonds is 5. The molecule has 1 aromatic rings. The topological polar surface area (TPSA) is 33.1 Å². The zero-order chi connectivity index (χ0) is 13.2. The Morgan fingerprint density at radius 2 is 2.05 bits per heavy atom. The molecule has 0 aliphatic carbocycles. The molecule has 4 nitrogen and oxygen atoms in total. The number of imidazole rings is 1. The predicted molar refractivity (Wildman–Crippen MR) is 77.0 cm³/mol. The summed E-state index contributed by atoms with van der Waals surface area (Å²) in [6.45, 7) is 7.68. The van der Waals surface area contributed by atoms with Gasteiger partial charge in [-0.25, -0.2) is 4.98 Å². The Morgan fingerprint density at radius 1 is 1.32 bits per heavy atom. The van der Waals surface area contributed by atoms with Gasteiger partial charge in [-0.15, -0.1) is 0 Å². The average Bonchev–Trinajstić information content (AvgIpc) is 3.02. The van der Waals surface area contributed by atoms with Gasteiger partial charge in [-0.2, -0.15) is 0 Å². The lowest BCUT2D eigenvalue weighted by atomic mass is 9.98. The molecule has 2 saturated heterocycles. The maximum absolute atomic E-state index is 4.29. The fourth-order valence-corrected chi connectivity index (χ4v) is 3.80. The van der Waals surface area contributed by atoms with E-state index in [9.17, 15) is 0 Å². The van der Waals surface area contributed by atoms with Gasteiger partial charge in [0.2, 0.25) is 0 Å². The van der Waals surface area contributed by atoms with Crippen molar-refractivity contribution in [1.82, 2.24) is 19.8 Å². The Kier molecular flexibility index (Phi) is 3.89. The summed E-state index contributed by atoms with van der Waals surface area (Å²) in [4.78, 5) is 6.94. The first-order chi connectivity index (χ1) is 9.30. The molecule has 19 heavy (non-hydrogen) atoms. The number of piperidine rings is 1. The van der Waals surface area contributed by atoms with E-state index in [1.54, 1.807) is 0 Å². The van der Waals surface area contributed by atoms with E-state index in [4.69, 9.17) is 0 Å². The SMILES string of the molecule is CCN(Cc1cncn1CC)C1CC2CCC(C1)N2. The first kappa shape index (κ1) is 13.1. The summed E-state index contributed by atoms with van der Waals surface area (Å²) in [5, 5.41) is 3.74. The molecule has 3 heterocycles. The summed E-state index contributed by atoms with van der Waals surface area (Å²) in [5.41, 5.74) is 1.36. The maximum atomic E-state index is 4.29. The van der Waals surface area contributed by atoms with Crippen molar-refractivity contribution in [3.05, 3.63) is 18.2 Å². The third-order valence-corrected chi connectivity index (χ3v) is 4.88. The molecular weight excluding hydrogens is 236 g/mol. The van der Waals surface area contributed by atoms with Crippen LogP contribution in [0.5, 0.6) is 0 Å². The Hall–Kier alpha value is -0.870. The smallest absolute Gasteiger partial charge is 0.0948 e. The van der Waals surface area contributed by atoms with Crippen LogP contribution in [0, 0.1) is 0 Å². The van der Waals surface area contributed by atoms with E-state index in [2.05, 4.69) is 33.6 Å². The van der Waals surface area contributed by atoms with Crippen LogP contribution in [0.4, 0.5) is 0 Å². The standard InChI is InChI=1S/C15H26N4/c1-3-18(10-15-9-16-11-19(15)4-2)14-7-12-5-6-13(8-14)17-12/h9,11-14,17H,3-8,10H2,1-2H3. The van der Waals surface area contributed by atoms with Crippen molar-refractivity contribution < 1.29 is 0 Å². The second-order valence-corrected chi connectivity index (χ2v) is 6.00. The number of aryl methyl sites for hydroxylation is 1. The number of fused-ring (bicyclic) bond motifs is 2. The van der Waals surface area contributed by atoms with Crippen molar-refractivity contribution >= 4 is 0 Å². The minimum atomic E-state index is 0.754. The zero-order valence-electron chi connectivity index (χ0n) is 12.2. The van der Waals surface area contributed by atoms with Crippen molar-refractivity contribution in [2.45, 2.75) is 70.7 Å². The van der Waals surface area contributed by atoms with Gasteiger partial charge < -0.3 is 9.88 Å². The summed E-state index contributed by atoms with van der Waals surface area (Å²) in [7, 11) is 0. The maximum Gasteiger partial charge on any atom is 0.0948 e. The molecule has 1 N–H and O–H groups in total. The van der Waals surface area contributed by atoms with E-state index in [0.29, 0.717) is 0 Å². The van der Waals surface area contributed by atoms with Crippen LogP contribution in [0.15, 0.2) is 12.5 Å². The zero-order valence-corrected chi connectivity index (χ0v) is 12.2. The summed E-state index contributed by atoms with van der Waals surface area (Å²) in [5.74, 6) is 0. The number of nitrogens with one attached hydrogen (secondary N) is 1. The molecule has 106 valence electrons. The van der Waals surface area contributed by atoms with Crippen LogP contribution < -0.4 is 5.32 Å². The number of hydrogen-bond donors (Lipinski definition) is 1. The molecule has 4 heteroatoms. The Balaban J connectivity index is 1.67. The number of aromatic nitrogens is 2. The van der Waals surface area contributed by atoms with Crippen LogP contribution in [0.2, 0.25) is 0 Å². The lowest BCUT2D eigenvalue weighted by Gasteiger charge is -2.37. The number of hydrogen-bond acceptors (Lipinski definition) is 3. The summed E-state index contributed by atoms with van der Waals surface area (Å²) >= 11 is 0. The molecule has 0 spiro atoms. The molecule has 0 radical (unpaired) electrons. The highest BCUT2D eigenvalue weighted by Crippen LogP contribution is 2.30. The second-order valence-electron chi connectivity index (χ2n) is 6.00. The third-order valence-electron chi connectivity index (χ3n) is 4.88. The molecular formula is C15H26N4. The monoisotopic (exact) mass is 262 g/mol. The van der Waals surface area contributed by atoms with Gasteiger partial charge in [-0.1, -0.05) is 6.92 Å². The van der Waals surface area contributed by atoms with Gasteiger partial charge >= 0.3 is 0 Å². The molecule has 1 aromatic heterocycles. The van der Waals surface area contributed by atoms with E-state index in [0.717, 1.165) is 37.8 Å². The van der Waals surface area contributed by atoms with Gasteiger partial charge in [0.15, 0.2) is 0 Å². The molecule has 2 bridgehead atoms. The molecule has 0 aromatic carbocycles. The molecule has 3 rings (SSSR count). The van der Waals surface area contributed by atoms with Crippen LogP contribution in [0.3, 0.4) is 0 Å². The quantitative estimate of drug-likeness (QED) is 0.881. The fraction of sp³-hybridized carbons (Fsp3) is 0.800. The Labute approximate surface area is 116 Å². The average molecular weight is 262 g/mol. The molecule has 2 aliphatic heterocycles. The fourth-order valence-electron chi connectivity index (χ4n) is 3.80. The first-order valence-corrected chi connectivity index (χ1v) is 7.79. The van der Waals surface area contributed by atoms with E-state index >= 15 is 0 Å². The number of nitrogens with zero attached hydrogens (tertiary/aromatic N) is 3. The summed E-state index contributed by atoms with van der Waals surface area (Å²) in [6, 6.07) is 2.30. The molecule has 2 aliphatic rings. The third kappa shape index (κ3) is 2.70. The lowest BCUT2D eigenvalue weighted by molar-refractivity contribution is 0.138. The van der Waals surface area contributed by atoms with Crippen molar-refractivity contribution in [2.24, 2.45) is 0 Å². The van der Waals surface area contributed by atoms with Gasteiger partial charge in [-0.05, 0) is 39.2 Å². The van der Waals surface area contributed by atoms with Crippen LogP contribution in [-0.4, -0.2) is 39.1 Å². The largest absolute Gasteiger partial charge is 0.334 e. The van der Waals surface area contributed by atoms with Gasteiger partial charge in [0.1, 0.15) is 0 Å². The molecule has 0 amide bonds. The Morgan fingerprint density at radius 3 is 2.68 bits per heavy atom. The molecule has 2 unspecified atom stereocenters. The van der Waals surface area contributed by atoms with E-state index in [1.807, 2.05) is 12.5 Å². The van der Waals surface area contributed by atoms with Crippen molar-refractivity contribution in [3.8, 4) is 0 Å². The van der Waals surface area contributed by atoms with Crippen molar-refractivity contribution in [1.29, 1.82) is 0 Å². The highest BCUT2D eigenvalue weighted by molar-refractivity contribution is 5.01. The van der Waals surface area contributed by atoms with Crippen molar-refractivity contribution in [2.75, 3.05) is 6.54 Å². The highest BCUT2D eigenvalue weighted by atomic mass is 15.2. The normalized spacial score (nSPS) is 30.2. The van der Waals surface area contributed by atoms with Gasteiger partial charge in [0.05, 0.1) is 12.0 Å². The molecule has 2 fully saturated rings. The molecule has 2 atom stereocenters.